The average molecular weight is 193 g/mol. The van der Waals surface area contributed by atoms with Crippen molar-refractivity contribution in [3.63, 3.8) is 0 Å². The number of para-hydroxylation sites is 1. The van der Waals surface area contributed by atoms with Crippen LogP contribution in [0.1, 0.15) is 20.3 Å². The maximum atomic E-state index is 11.0. The largest absolute Gasteiger partial charge is 0.471 e. The molecule has 0 aliphatic carbocycles. The molecule has 76 valence electrons. The molecular weight excluding hydrogens is 178 g/mol. The Morgan fingerprint density at radius 2 is 2.07 bits per heavy atom. The molecule has 1 aromatic carbocycles. The molecule has 1 unspecified atom stereocenters. The number of hydrogen-bond acceptors (Lipinski definition) is 2. The van der Waals surface area contributed by atoms with Crippen LogP contribution in [-0.2, 0) is 4.79 Å². The van der Waals surface area contributed by atoms with Gasteiger partial charge in [0.05, 0.1) is 0 Å². The zero-order chi connectivity index (χ0) is 10.4. The first kappa shape index (κ1) is 10.6. The Balaban J connectivity index is 2.41. The van der Waals surface area contributed by atoms with Crippen molar-refractivity contribution in [2.24, 2.45) is 0 Å². The molecule has 0 heterocycles. The molecule has 0 bridgehead atoms. The van der Waals surface area contributed by atoms with Gasteiger partial charge < -0.3 is 10.1 Å². The van der Waals surface area contributed by atoms with Gasteiger partial charge in [-0.2, -0.15) is 0 Å². The number of carbonyl (C=O) groups excluding carboxylic acids is 1. The molecule has 1 aromatic rings. The minimum atomic E-state index is -0.287. The van der Waals surface area contributed by atoms with E-state index in [1.807, 2.05) is 37.3 Å². The highest BCUT2D eigenvalue weighted by atomic mass is 16.5. The Morgan fingerprint density at radius 3 is 2.64 bits per heavy atom. The van der Waals surface area contributed by atoms with Gasteiger partial charge in [0.2, 0.25) is 5.91 Å². The summed E-state index contributed by atoms with van der Waals surface area (Å²) in [4.78, 5) is 11.0. The molecule has 1 rings (SSSR count). The lowest BCUT2D eigenvalue weighted by atomic mass is 10.3. The van der Waals surface area contributed by atoms with Crippen LogP contribution in [0.2, 0.25) is 0 Å². The molecule has 0 radical (unpaired) electrons. The fourth-order valence-corrected chi connectivity index (χ4v) is 1.06. The van der Waals surface area contributed by atoms with Crippen LogP contribution in [0.4, 0.5) is 0 Å². The minimum Gasteiger partial charge on any atom is -0.471 e. The third kappa shape index (κ3) is 3.47. The van der Waals surface area contributed by atoms with Crippen molar-refractivity contribution >= 4 is 5.91 Å². The summed E-state index contributed by atoms with van der Waals surface area (Å²) in [5, 5.41) is 2.72. The Labute approximate surface area is 84.1 Å². The zero-order valence-corrected chi connectivity index (χ0v) is 8.49. The molecule has 0 saturated carbocycles. The lowest BCUT2D eigenvalue weighted by Gasteiger charge is -2.15. The van der Waals surface area contributed by atoms with E-state index in [1.165, 1.54) is 0 Å². The number of nitrogens with one attached hydrogen (secondary N) is 1. The second kappa shape index (κ2) is 5.27. The molecule has 0 aliphatic heterocycles. The first-order chi connectivity index (χ1) is 6.72. The molecule has 1 amide bonds. The zero-order valence-electron chi connectivity index (χ0n) is 8.49. The van der Waals surface area contributed by atoms with Gasteiger partial charge in [-0.3, -0.25) is 4.79 Å². The fourth-order valence-electron chi connectivity index (χ4n) is 1.06. The Hall–Kier alpha value is -1.51. The highest BCUT2D eigenvalue weighted by molar-refractivity contribution is 5.75. The van der Waals surface area contributed by atoms with Gasteiger partial charge in [0, 0.05) is 6.42 Å². The summed E-state index contributed by atoms with van der Waals surface area (Å²) in [6.07, 6.45) is 0.188. The van der Waals surface area contributed by atoms with Gasteiger partial charge in [-0.15, -0.1) is 0 Å². The van der Waals surface area contributed by atoms with Gasteiger partial charge in [-0.25, -0.2) is 0 Å². The predicted octanol–water partition coefficient (Wildman–Crippen LogP) is 1.94. The van der Waals surface area contributed by atoms with Crippen LogP contribution >= 0.6 is 0 Å². The molecule has 3 nitrogen and oxygen atoms in total. The maximum absolute atomic E-state index is 11.0. The Bertz CT molecular complexity index is 285. The Kier molecular flexibility index (Phi) is 3.98. The van der Waals surface area contributed by atoms with Crippen LogP contribution < -0.4 is 10.1 Å². The number of rotatable bonds is 4. The van der Waals surface area contributed by atoms with Gasteiger partial charge in [0.15, 0.2) is 6.23 Å². The molecular formula is C11H15NO2. The highest BCUT2D eigenvalue weighted by Crippen LogP contribution is 2.09. The van der Waals surface area contributed by atoms with Gasteiger partial charge in [0.25, 0.3) is 0 Å². The van der Waals surface area contributed by atoms with Crippen LogP contribution in [-0.4, -0.2) is 12.1 Å². The third-order valence-electron chi connectivity index (χ3n) is 1.74. The second-order valence-electron chi connectivity index (χ2n) is 2.99. The fraction of sp³-hybridized carbons (Fsp3) is 0.364. The van der Waals surface area contributed by atoms with Crippen LogP contribution in [0, 0.1) is 0 Å². The molecule has 0 aliphatic rings. The highest BCUT2D eigenvalue weighted by Gasteiger charge is 2.05. The van der Waals surface area contributed by atoms with Crippen molar-refractivity contribution in [2.45, 2.75) is 26.5 Å². The lowest BCUT2D eigenvalue weighted by molar-refractivity contribution is -0.122. The van der Waals surface area contributed by atoms with Crippen molar-refractivity contribution in [1.82, 2.24) is 5.32 Å². The maximum Gasteiger partial charge on any atom is 0.222 e. The normalized spacial score (nSPS) is 11.9. The smallest absolute Gasteiger partial charge is 0.222 e. The summed E-state index contributed by atoms with van der Waals surface area (Å²) in [5.41, 5.74) is 0. The van der Waals surface area contributed by atoms with E-state index in [-0.39, 0.29) is 12.1 Å². The van der Waals surface area contributed by atoms with Crippen molar-refractivity contribution in [2.75, 3.05) is 0 Å². The monoisotopic (exact) mass is 193 g/mol. The number of ether oxygens (including phenoxy) is 1. The van der Waals surface area contributed by atoms with Gasteiger partial charge in [0.1, 0.15) is 5.75 Å². The van der Waals surface area contributed by atoms with Gasteiger partial charge in [-0.05, 0) is 19.1 Å². The van der Waals surface area contributed by atoms with E-state index in [0.29, 0.717) is 6.42 Å². The number of hydrogen-bond donors (Lipinski definition) is 1. The van der Waals surface area contributed by atoms with Crippen molar-refractivity contribution < 1.29 is 9.53 Å². The Morgan fingerprint density at radius 1 is 1.43 bits per heavy atom. The molecule has 0 aromatic heterocycles. The summed E-state index contributed by atoms with van der Waals surface area (Å²) in [5.74, 6) is 0.754. The van der Waals surface area contributed by atoms with Crippen LogP contribution in [0.25, 0.3) is 0 Å². The van der Waals surface area contributed by atoms with Gasteiger partial charge >= 0.3 is 0 Å². The molecule has 0 spiro atoms. The SMILES string of the molecule is CCC(=O)NC(C)Oc1ccccc1. The van der Waals surface area contributed by atoms with E-state index in [4.69, 9.17) is 4.74 Å². The molecule has 3 heteroatoms. The van der Waals surface area contributed by atoms with E-state index >= 15 is 0 Å². The first-order valence-electron chi connectivity index (χ1n) is 4.73. The van der Waals surface area contributed by atoms with E-state index in [1.54, 1.807) is 6.92 Å². The third-order valence-corrected chi connectivity index (χ3v) is 1.74. The van der Waals surface area contributed by atoms with Crippen molar-refractivity contribution in [3.05, 3.63) is 30.3 Å². The second-order valence-corrected chi connectivity index (χ2v) is 2.99. The van der Waals surface area contributed by atoms with Crippen LogP contribution in [0.3, 0.4) is 0 Å². The van der Waals surface area contributed by atoms with E-state index in [2.05, 4.69) is 5.32 Å². The summed E-state index contributed by atoms with van der Waals surface area (Å²) in [6, 6.07) is 9.42. The number of carbonyl (C=O) groups is 1. The molecule has 0 saturated heterocycles. The van der Waals surface area contributed by atoms with Crippen molar-refractivity contribution in [3.8, 4) is 5.75 Å². The standard InChI is InChI=1S/C11H15NO2/c1-3-11(13)12-9(2)14-10-7-5-4-6-8-10/h4-9H,3H2,1-2H3,(H,12,13). The molecule has 1 N–H and O–H groups in total. The number of benzene rings is 1. The predicted molar refractivity (Wildman–Crippen MR) is 55.0 cm³/mol. The minimum absolute atomic E-state index is 0.00608. The summed E-state index contributed by atoms with van der Waals surface area (Å²) in [7, 11) is 0. The average Bonchev–Trinajstić information content (AvgIpc) is 2.19. The topological polar surface area (TPSA) is 38.3 Å². The van der Waals surface area contributed by atoms with E-state index in [9.17, 15) is 4.79 Å². The molecule has 1 atom stereocenters. The summed E-state index contributed by atoms with van der Waals surface area (Å²) < 4.78 is 5.45. The summed E-state index contributed by atoms with van der Waals surface area (Å²) >= 11 is 0. The van der Waals surface area contributed by atoms with E-state index in [0.717, 1.165) is 5.75 Å². The van der Waals surface area contributed by atoms with Crippen molar-refractivity contribution in [1.29, 1.82) is 0 Å². The lowest BCUT2D eigenvalue weighted by Crippen LogP contribution is -2.36. The van der Waals surface area contributed by atoms with Crippen LogP contribution in [0.5, 0.6) is 5.75 Å². The first-order valence-corrected chi connectivity index (χ1v) is 4.73. The number of amides is 1. The van der Waals surface area contributed by atoms with E-state index < -0.39 is 0 Å². The summed E-state index contributed by atoms with van der Waals surface area (Å²) in [6.45, 7) is 3.62. The molecule has 14 heavy (non-hydrogen) atoms. The molecule has 0 fully saturated rings. The van der Waals surface area contributed by atoms with Crippen LogP contribution in [0.15, 0.2) is 30.3 Å². The quantitative estimate of drug-likeness (QED) is 0.742. The van der Waals surface area contributed by atoms with Gasteiger partial charge in [-0.1, -0.05) is 25.1 Å².